The second kappa shape index (κ2) is 5.39. The Labute approximate surface area is 117 Å². The van der Waals surface area contributed by atoms with Crippen LogP contribution in [0.1, 0.15) is 17.3 Å². The second-order valence-corrected chi connectivity index (χ2v) is 4.85. The summed E-state index contributed by atoms with van der Waals surface area (Å²) in [6.45, 7) is 0. The van der Waals surface area contributed by atoms with E-state index >= 15 is 0 Å². The van der Waals surface area contributed by atoms with E-state index in [4.69, 9.17) is 5.73 Å². The summed E-state index contributed by atoms with van der Waals surface area (Å²) in [6, 6.07) is 17.2. The van der Waals surface area contributed by atoms with Crippen molar-refractivity contribution in [2.45, 2.75) is 12.5 Å². The largest absolute Gasteiger partial charge is 0.322 e. The highest BCUT2D eigenvalue weighted by Crippen LogP contribution is 2.22. The Balaban J connectivity index is 1.91. The summed E-state index contributed by atoms with van der Waals surface area (Å²) in [4.78, 5) is 4.05. The average Bonchev–Trinajstić information content (AvgIpc) is 2.48. The van der Waals surface area contributed by atoms with E-state index in [1.165, 1.54) is 28.6 Å². The standard InChI is InChI=1S/C17H15FN2/c18-14-8-9-17(20-11-14)16(19)10-13-6-3-5-12-4-1-2-7-15(12)13/h1-9,11,16H,10,19H2. The molecule has 2 N–H and O–H groups in total. The highest BCUT2D eigenvalue weighted by atomic mass is 19.1. The lowest BCUT2D eigenvalue weighted by Gasteiger charge is -2.13. The lowest BCUT2D eigenvalue weighted by molar-refractivity contribution is 0.612. The third-order valence-electron chi connectivity index (χ3n) is 3.45. The van der Waals surface area contributed by atoms with Gasteiger partial charge in [0, 0.05) is 0 Å². The number of hydrogen-bond donors (Lipinski definition) is 1. The molecule has 0 fully saturated rings. The van der Waals surface area contributed by atoms with Gasteiger partial charge in [-0.1, -0.05) is 42.5 Å². The van der Waals surface area contributed by atoms with Gasteiger partial charge in [-0.25, -0.2) is 4.39 Å². The van der Waals surface area contributed by atoms with Crippen molar-refractivity contribution in [3.8, 4) is 0 Å². The number of hydrogen-bond acceptors (Lipinski definition) is 2. The van der Waals surface area contributed by atoms with E-state index in [1.54, 1.807) is 6.07 Å². The van der Waals surface area contributed by atoms with Gasteiger partial charge in [0.25, 0.3) is 0 Å². The quantitative estimate of drug-likeness (QED) is 0.786. The van der Waals surface area contributed by atoms with Crippen LogP contribution < -0.4 is 5.73 Å². The van der Waals surface area contributed by atoms with Crippen molar-refractivity contribution in [2.75, 3.05) is 0 Å². The number of rotatable bonds is 3. The average molecular weight is 266 g/mol. The zero-order chi connectivity index (χ0) is 13.9. The molecule has 3 rings (SSSR count). The molecule has 3 aromatic rings. The van der Waals surface area contributed by atoms with Crippen LogP contribution in [0.2, 0.25) is 0 Å². The van der Waals surface area contributed by atoms with Gasteiger partial charge in [-0.3, -0.25) is 4.98 Å². The zero-order valence-corrected chi connectivity index (χ0v) is 11.0. The fourth-order valence-corrected chi connectivity index (χ4v) is 2.42. The molecule has 0 spiro atoms. The maximum atomic E-state index is 12.9. The van der Waals surface area contributed by atoms with E-state index in [9.17, 15) is 4.39 Å². The van der Waals surface area contributed by atoms with Crippen LogP contribution in [0.4, 0.5) is 4.39 Å². The van der Waals surface area contributed by atoms with Crippen molar-refractivity contribution in [1.82, 2.24) is 4.98 Å². The molecule has 2 nitrogen and oxygen atoms in total. The molecule has 2 aromatic carbocycles. The SMILES string of the molecule is NC(Cc1cccc2ccccc12)c1ccc(F)cn1. The number of nitrogens with zero attached hydrogens (tertiary/aromatic N) is 1. The number of nitrogens with two attached hydrogens (primary N) is 1. The first kappa shape index (κ1) is 12.8. The molecule has 1 unspecified atom stereocenters. The molecule has 0 bridgehead atoms. The molecule has 1 atom stereocenters. The Hall–Kier alpha value is -2.26. The summed E-state index contributed by atoms with van der Waals surface area (Å²) < 4.78 is 12.9. The monoisotopic (exact) mass is 266 g/mol. The van der Waals surface area contributed by atoms with E-state index < -0.39 is 0 Å². The molecule has 20 heavy (non-hydrogen) atoms. The number of benzene rings is 2. The molecular formula is C17H15FN2. The van der Waals surface area contributed by atoms with Gasteiger partial charge in [-0.05, 0) is 34.9 Å². The minimum absolute atomic E-state index is 0.235. The van der Waals surface area contributed by atoms with Crippen LogP contribution in [-0.2, 0) is 6.42 Å². The van der Waals surface area contributed by atoms with Gasteiger partial charge >= 0.3 is 0 Å². The molecule has 0 aliphatic carbocycles. The van der Waals surface area contributed by atoms with Crippen LogP contribution >= 0.6 is 0 Å². The van der Waals surface area contributed by atoms with Crippen molar-refractivity contribution in [1.29, 1.82) is 0 Å². The van der Waals surface area contributed by atoms with Crippen molar-refractivity contribution >= 4 is 10.8 Å². The Morgan fingerprint density at radius 3 is 2.60 bits per heavy atom. The molecule has 1 aromatic heterocycles. The van der Waals surface area contributed by atoms with E-state index in [1.807, 2.05) is 18.2 Å². The predicted molar refractivity (Wildman–Crippen MR) is 78.8 cm³/mol. The van der Waals surface area contributed by atoms with Gasteiger partial charge in [0.2, 0.25) is 0 Å². The summed E-state index contributed by atoms with van der Waals surface area (Å²) in [7, 11) is 0. The normalized spacial score (nSPS) is 12.5. The first-order valence-corrected chi connectivity index (χ1v) is 6.58. The first-order valence-electron chi connectivity index (χ1n) is 6.58. The summed E-state index contributed by atoms with van der Waals surface area (Å²) in [5.41, 5.74) is 8.07. The van der Waals surface area contributed by atoms with Gasteiger partial charge in [0.05, 0.1) is 17.9 Å². The number of fused-ring (bicyclic) bond motifs is 1. The fraction of sp³-hybridized carbons (Fsp3) is 0.118. The Morgan fingerprint density at radius 1 is 1.00 bits per heavy atom. The lowest BCUT2D eigenvalue weighted by atomic mass is 9.97. The van der Waals surface area contributed by atoms with Gasteiger partial charge < -0.3 is 5.73 Å². The van der Waals surface area contributed by atoms with Gasteiger partial charge in [0.15, 0.2) is 0 Å². The van der Waals surface area contributed by atoms with E-state index in [0.29, 0.717) is 12.1 Å². The Morgan fingerprint density at radius 2 is 1.80 bits per heavy atom. The predicted octanol–water partition coefficient (Wildman–Crippen LogP) is 3.62. The topological polar surface area (TPSA) is 38.9 Å². The fourth-order valence-electron chi connectivity index (χ4n) is 2.42. The summed E-state index contributed by atoms with van der Waals surface area (Å²) >= 11 is 0. The molecule has 0 aliphatic heterocycles. The van der Waals surface area contributed by atoms with Crippen molar-refractivity contribution in [3.05, 3.63) is 77.9 Å². The van der Waals surface area contributed by atoms with E-state index in [2.05, 4.69) is 29.2 Å². The van der Waals surface area contributed by atoms with Gasteiger partial charge in [0.1, 0.15) is 5.82 Å². The minimum atomic E-state index is -0.342. The van der Waals surface area contributed by atoms with Crippen molar-refractivity contribution < 1.29 is 4.39 Å². The molecule has 100 valence electrons. The van der Waals surface area contributed by atoms with Crippen LogP contribution in [0.3, 0.4) is 0 Å². The molecule has 0 aliphatic rings. The minimum Gasteiger partial charge on any atom is -0.322 e. The van der Waals surface area contributed by atoms with Gasteiger partial charge in [-0.15, -0.1) is 0 Å². The summed E-state index contributed by atoms with van der Waals surface area (Å²) in [5.74, 6) is -0.342. The lowest BCUT2D eigenvalue weighted by Crippen LogP contribution is -2.15. The third kappa shape index (κ3) is 2.53. The third-order valence-corrected chi connectivity index (χ3v) is 3.45. The molecule has 1 heterocycles. The summed E-state index contributed by atoms with van der Waals surface area (Å²) in [5, 5.41) is 2.40. The highest BCUT2D eigenvalue weighted by molar-refractivity contribution is 5.85. The van der Waals surface area contributed by atoms with Crippen LogP contribution in [0.25, 0.3) is 10.8 Å². The zero-order valence-electron chi connectivity index (χ0n) is 11.0. The van der Waals surface area contributed by atoms with Crippen molar-refractivity contribution in [2.24, 2.45) is 5.73 Å². The maximum Gasteiger partial charge on any atom is 0.141 e. The maximum absolute atomic E-state index is 12.9. The van der Waals surface area contributed by atoms with Crippen LogP contribution in [0.5, 0.6) is 0 Å². The Kier molecular flexibility index (Phi) is 3.44. The smallest absolute Gasteiger partial charge is 0.141 e. The number of halogens is 1. The molecule has 0 radical (unpaired) electrons. The van der Waals surface area contributed by atoms with Gasteiger partial charge in [-0.2, -0.15) is 0 Å². The first-order chi connectivity index (χ1) is 9.74. The van der Waals surface area contributed by atoms with E-state index in [0.717, 1.165) is 0 Å². The molecule has 0 saturated carbocycles. The molecule has 0 saturated heterocycles. The van der Waals surface area contributed by atoms with Crippen LogP contribution in [-0.4, -0.2) is 4.98 Å². The second-order valence-electron chi connectivity index (χ2n) is 4.85. The number of aromatic nitrogens is 1. The number of pyridine rings is 1. The molecule has 0 amide bonds. The van der Waals surface area contributed by atoms with E-state index in [-0.39, 0.29) is 11.9 Å². The summed E-state index contributed by atoms with van der Waals surface area (Å²) in [6.07, 6.45) is 1.89. The molecular weight excluding hydrogens is 251 g/mol. The highest BCUT2D eigenvalue weighted by Gasteiger charge is 2.10. The van der Waals surface area contributed by atoms with Crippen LogP contribution in [0, 0.1) is 5.82 Å². The Bertz CT molecular complexity index is 717. The van der Waals surface area contributed by atoms with Crippen LogP contribution in [0.15, 0.2) is 60.8 Å². The van der Waals surface area contributed by atoms with Crippen molar-refractivity contribution in [3.63, 3.8) is 0 Å². The molecule has 3 heteroatoms.